The van der Waals surface area contributed by atoms with E-state index in [1.54, 1.807) is 23.2 Å². The number of likely N-dealkylation sites (tertiary alicyclic amines) is 1. The third kappa shape index (κ3) is 4.64. The van der Waals surface area contributed by atoms with Gasteiger partial charge in [-0.05, 0) is 54.8 Å². The molecule has 0 radical (unpaired) electrons. The molecule has 2 fully saturated rings. The van der Waals surface area contributed by atoms with Crippen molar-refractivity contribution in [3.05, 3.63) is 95.6 Å². The predicted molar refractivity (Wildman–Crippen MR) is 126 cm³/mol. The molecule has 5 rings (SSSR count). The number of amides is 2. The fourth-order valence-corrected chi connectivity index (χ4v) is 4.76. The average molecular weight is 460 g/mol. The number of ether oxygens (including phenoxy) is 1. The lowest BCUT2D eigenvalue weighted by Gasteiger charge is -2.25. The Hall–Kier alpha value is -3.74. The lowest BCUT2D eigenvalue weighted by atomic mass is 9.95. The third-order valence-corrected chi connectivity index (χ3v) is 6.57. The van der Waals surface area contributed by atoms with E-state index in [-0.39, 0.29) is 17.8 Å². The van der Waals surface area contributed by atoms with Crippen molar-refractivity contribution in [2.45, 2.75) is 31.3 Å². The highest BCUT2D eigenvalue weighted by atomic mass is 19.1. The number of nitrogens with zero attached hydrogens (tertiary/aromatic N) is 3. The zero-order chi connectivity index (χ0) is 23.5. The van der Waals surface area contributed by atoms with Crippen LogP contribution in [0, 0.1) is 5.82 Å². The maximum atomic E-state index is 13.4. The summed E-state index contributed by atoms with van der Waals surface area (Å²) in [5, 5.41) is 0. The zero-order valence-electron chi connectivity index (χ0n) is 18.8. The van der Waals surface area contributed by atoms with Crippen LogP contribution in [-0.2, 0) is 11.2 Å². The maximum Gasteiger partial charge on any atom is 0.415 e. The molecule has 34 heavy (non-hydrogen) atoms. The van der Waals surface area contributed by atoms with Crippen LogP contribution in [0.15, 0.2) is 72.9 Å². The molecule has 0 N–H and O–H groups in total. The van der Waals surface area contributed by atoms with Gasteiger partial charge in [-0.25, -0.2) is 9.18 Å². The van der Waals surface area contributed by atoms with Gasteiger partial charge in [0.15, 0.2) is 0 Å². The third-order valence-electron chi connectivity index (χ3n) is 6.57. The first-order valence-electron chi connectivity index (χ1n) is 11.6. The summed E-state index contributed by atoms with van der Waals surface area (Å²) in [6, 6.07) is 19.5. The van der Waals surface area contributed by atoms with Crippen LogP contribution in [0.1, 0.15) is 40.9 Å². The average Bonchev–Trinajstić information content (AvgIpc) is 3.03. The van der Waals surface area contributed by atoms with Crippen molar-refractivity contribution in [1.82, 2.24) is 9.88 Å². The van der Waals surface area contributed by atoms with E-state index in [9.17, 15) is 14.0 Å². The van der Waals surface area contributed by atoms with E-state index in [1.165, 1.54) is 12.1 Å². The molecule has 0 aliphatic carbocycles. The van der Waals surface area contributed by atoms with Crippen molar-refractivity contribution < 1.29 is 18.7 Å². The van der Waals surface area contributed by atoms with Gasteiger partial charge in [-0.1, -0.05) is 30.3 Å². The molecule has 6 nitrogen and oxygen atoms in total. The molecule has 1 atom stereocenters. The zero-order valence-corrected chi connectivity index (χ0v) is 18.8. The minimum atomic E-state index is -0.574. The second kappa shape index (κ2) is 9.25. The van der Waals surface area contributed by atoms with E-state index in [1.807, 2.05) is 47.4 Å². The molecule has 2 saturated heterocycles. The van der Waals surface area contributed by atoms with Crippen LogP contribution in [0.2, 0.25) is 0 Å². The molecule has 2 amide bonds. The number of pyridine rings is 1. The van der Waals surface area contributed by atoms with Gasteiger partial charge in [0.2, 0.25) is 0 Å². The van der Waals surface area contributed by atoms with Crippen molar-refractivity contribution in [3.63, 3.8) is 0 Å². The summed E-state index contributed by atoms with van der Waals surface area (Å²) in [6.45, 7) is 1.61. The van der Waals surface area contributed by atoms with E-state index in [0.717, 1.165) is 29.8 Å². The van der Waals surface area contributed by atoms with E-state index < -0.39 is 5.60 Å². The highest BCUT2D eigenvalue weighted by Crippen LogP contribution is 2.35. The molecule has 174 valence electrons. The molecule has 1 spiro atoms. The molecular weight excluding hydrogens is 433 g/mol. The van der Waals surface area contributed by atoms with Gasteiger partial charge in [-0.3, -0.25) is 14.7 Å². The van der Waals surface area contributed by atoms with Crippen LogP contribution in [0.5, 0.6) is 0 Å². The Balaban J connectivity index is 1.23. The Morgan fingerprint density at radius 2 is 1.88 bits per heavy atom. The van der Waals surface area contributed by atoms with Crippen molar-refractivity contribution in [3.8, 4) is 0 Å². The Morgan fingerprint density at radius 1 is 1.03 bits per heavy atom. The Morgan fingerprint density at radius 3 is 2.65 bits per heavy atom. The molecule has 0 saturated carbocycles. The van der Waals surface area contributed by atoms with Gasteiger partial charge in [0.1, 0.15) is 11.4 Å². The summed E-state index contributed by atoms with van der Waals surface area (Å²) < 4.78 is 19.3. The number of benzene rings is 2. The quantitative estimate of drug-likeness (QED) is 0.561. The molecule has 2 aromatic carbocycles. The maximum absolute atomic E-state index is 13.4. The largest absolute Gasteiger partial charge is 0.441 e. The van der Waals surface area contributed by atoms with Crippen molar-refractivity contribution in [2.75, 3.05) is 24.5 Å². The Kier molecular flexibility index (Phi) is 6.01. The number of carbonyl (C=O) groups excluding carboxylic acids is 2. The number of hydrogen-bond acceptors (Lipinski definition) is 4. The Bertz CT molecular complexity index is 1190. The molecule has 3 aromatic rings. The molecule has 7 heteroatoms. The van der Waals surface area contributed by atoms with Crippen LogP contribution < -0.4 is 4.90 Å². The minimum absolute atomic E-state index is 0.0777. The minimum Gasteiger partial charge on any atom is -0.441 e. The molecule has 1 aromatic heterocycles. The lowest BCUT2D eigenvalue weighted by molar-refractivity contribution is 0.0438. The standard InChI is InChI=1S/C27H26FN3O3/c28-22-7-4-6-20(16-22)17-23-11-10-21(18-29-23)25(32)30-14-5-12-27(13-15-30)19-31(26(33)34-27)24-8-2-1-3-9-24/h1-4,6-11,16,18H,5,12-15,17,19H2/t27-/m0/s1. The van der Waals surface area contributed by atoms with Crippen LogP contribution in [-0.4, -0.2) is 47.1 Å². The van der Waals surface area contributed by atoms with Crippen LogP contribution in [0.4, 0.5) is 14.9 Å². The van der Waals surface area contributed by atoms with Gasteiger partial charge in [0, 0.05) is 43.5 Å². The number of halogens is 1. The highest BCUT2D eigenvalue weighted by molar-refractivity contribution is 5.94. The lowest BCUT2D eigenvalue weighted by Crippen LogP contribution is -2.37. The number of hydrogen-bond donors (Lipinski definition) is 0. The summed E-state index contributed by atoms with van der Waals surface area (Å²) in [4.78, 5) is 33.6. The first kappa shape index (κ1) is 22.1. The second-order valence-electron chi connectivity index (χ2n) is 8.96. The van der Waals surface area contributed by atoms with Gasteiger partial charge in [-0.15, -0.1) is 0 Å². The summed E-state index contributed by atoms with van der Waals surface area (Å²) in [7, 11) is 0. The first-order valence-corrected chi connectivity index (χ1v) is 11.6. The normalized spacial score (nSPS) is 20.3. The van der Waals surface area contributed by atoms with Crippen LogP contribution in [0.3, 0.4) is 0 Å². The van der Waals surface area contributed by atoms with Gasteiger partial charge < -0.3 is 9.64 Å². The van der Waals surface area contributed by atoms with E-state index >= 15 is 0 Å². The number of rotatable bonds is 4. The van der Waals surface area contributed by atoms with Crippen molar-refractivity contribution in [1.29, 1.82) is 0 Å². The van der Waals surface area contributed by atoms with Crippen LogP contribution >= 0.6 is 0 Å². The van der Waals surface area contributed by atoms with E-state index in [0.29, 0.717) is 38.0 Å². The van der Waals surface area contributed by atoms with Crippen molar-refractivity contribution in [2.24, 2.45) is 0 Å². The molecular formula is C27H26FN3O3. The summed E-state index contributed by atoms with van der Waals surface area (Å²) in [5.74, 6) is -0.353. The van der Waals surface area contributed by atoms with Gasteiger partial charge in [0.05, 0.1) is 12.1 Å². The summed E-state index contributed by atoms with van der Waals surface area (Å²) >= 11 is 0. The second-order valence-corrected chi connectivity index (χ2v) is 8.96. The number of para-hydroxylation sites is 1. The topological polar surface area (TPSA) is 62.7 Å². The number of anilines is 1. The fourth-order valence-electron chi connectivity index (χ4n) is 4.76. The van der Waals surface area contributed by atoms with Gasteiger partial charge in [0.25, 0.3) is 5.91 Å². The predicted octanol–water partition coefficient (Wildman–Crippen LogP) is 4.83. The monoisotopic (exact) mass is 459 g/mol. The van der Waals surface area contributed by atoms with E-state index in [2.05, 4.69) is 4.98 Å². The molecule has 2 aliphatic heterocycles. The summed E-state index contributed by atoms with van der Waals surface area (Å²) in [5.41, 5.74) is 2.38. The highest BCUT2D eigenvalue weighted by Gasteiger charge is 2.46. The summed E-state index contributed by atoms with van der Waals surface area (Å²) in [6.07, 6.45) is 3.83. The van der Waals surface area contributed by atoms with Crippen molar-refractivity contribution >= 4 is 17.7 Å². The Labute approximate surface area is 198 Å². The van der Waals surface area contributed by atoms with Crippen LogP contribution in [0.25, 0.3) is 0 Å². The molecule has 2 aliphatic rings. The first-order chi connectivity index (χ1) is 16.5. The molecule has 0 bridgehead atoms. The fraction of sp³-hybridized carbons (Fsp3) is 0.296. The molecule has 0 unspecified atom stereocenters. The number of carbonyl (C=O) groups is 2. The van der Waals surface area contributed by atoms with E-state index in [4.69, 9.17) is 4.74 Å². The smallest absolute Gasteiger partial charge is 0.415 e. The number of aromatic nitrogens is 1. The molecule has 3 heterocycles. The SMILES string of the molecule is O=C(c1ccc(Cc2cccc(F)c2)nc1)N1CCC[C@]2(CC1)CN(c1ccccc1)C(=O)O2. The van der Waals surface area contributed by atoms with Gasteiger partial charge >= 0.3 is 6.09 Å². The van der Waals surface area contributed by atoms with Gasteiger partial charge in [-0.2, -0.15) is 0 Å².